The summed E-state index contributed by atoms with van der Waals surface area (Å²) in [6.45, 7) is 5.54. The number of amides is 1. The number of hydrogen-bond donors (Lipinski definition) is 0. The Morgan fingerprint density at radius 3 is 2.88 bits per heavy atom. The second kappa shape index (κ2) is 8.56. The van der Waals surface area contributed by atoms with Crippen molar-refractivity contribution in [3.8, 4) is 0 Å². The zero-order valence-corrected chi connectivity index (χ0v) is 16.3. The second-order valence-corrected chi connectivity index (χ2v) is 8.28. The molecule has 0 aliphatic carbocycles. The molecule has 0 N–H and O–H groups in total. The standard InChI is InChI=1S/C20H30N2O2S/c1-24-13-12-22-16-20(10-8-19(22)23)9-5-11-21(15-20)14-17-6-3-4-7-18(17)25-2/h3-4,6-7H,5,8-16H2,1-2H3. The molecule has 1 amide bonds. The van der Waals surface area contributed by atoms with E-state index in [1.165, 1.54) is 23.3 Å². The van der Waals surface area contributed by atoms with E-state index in [0.717, 1.165) is 39.1 Å². The van der Waals surface area contributed by atoms with Crippen molar-refractivity contribution in [3.63, 3.8) is 0 Å². The van der Waals surface area contributed by atoms with Crippen LogP contribution in [0.2, 0.25) is 0 Å². The number of carbonyl (C=O) groups is 1. The fourth-order valence-corrected chi connectivity index (χ4v) is 4.97. The molecular weight excluding hydrogens is 332 g/mol. The number of piperidine rings is 2. The van der Waals surface area contributed by atoms with Gasteiger partial charge in [0.2, 0.25) is 5.91 Å². The lowest BCUT2D eigenvalue weighted by Crippen LogP contribution is -2.54. The van der Waals surface area contributed by atoms with Crippen molar-refractivity contribution in [2.24, 2.45) is 5.41 Å². The van der Waals surface area contributed by atoms with Crippen molar-refractivity contribution >= 4 is 17.7 Å². The average molecular weight is 363 g/mol. The van der Waals surface area contributed by atoms with Crippen molar-refractivity contribution in [2.45, 2.75) is 37.1 Å². The van der Waals surface area contributed by atoms with Gasteiger partial charge in [-0.3, -0.25) is 9.69 Å². The molecule has 138 valence electrons. The number of ether oxygens (including phenoxy) is 1. The van der Waals surface area contributed by atoms with Crippen LogP contribution >= 0.6 is 11.8 Å². The summed E-state index contributed by atoms with van der Waals surface area (Å²) in [6.07, 6.45) is 6.35. The summed E-state index contributed by atoms with van der Waals surface area (Å²) < 4.78 is 5.19. The molecule has 1 unspecified atom stereocenters. The predicted octanol–water partition coefficient (Wildman–Crippen LogP) is 3.26. The highest BCUT2D eigenvalue weighted by molar-refractivity contribution is 7.98. The Kier molecular flexibility index (Phi) is 6.42. The van der Waals surface area contributed by atoms with Gasteiger partial charge >= 0.3 is 0 Å². The van der Waals surface area contributed by atoms with Crippen molar-refractivity contribution < 1.29 is 9.53 Å². The lowest BCUT2D eigenvalue weighted by molar-refractivity contribution is -0.140. The van der Waals surface area contributed by atoms with Crippen molar-refractivity contribution in [1.29, 1.82) is 0 Å². The number of nitrogens with zero attached hydrogens (tertiary/aromatic N) is 2. The zero-order valence-electron chi connectivity index (χ0n) is 15.5. The quantitative estimate of drug-likeness (QED) is 0.727. The Hall–Kier alpha value is -1.04. The Morgan fingerprint density at radius 2 is 2.08 bits per heavy atom. The van der Waals surface area contributed by atoms with Crippen LogP contribution in [0.15, 0.2) is 29.2 Å². The summed E-state index contributed by atoms with van der Waals surface area (Å²) in [7, 11) is 1.70. The summed E-state index contributed by atoms with van der Waals surface area (Å²) in [6, 6.07) is 8.72. The average Bonchev–Trinajstić information content (AvgIpc) is 2.63. The highest BCUT2D eigenvalue weighted by Gasteiger charge is 2.41. The van der Waals surface area contributed by atoms with E-state index in [1.54, 1.807) is 7.11 Å². The maximum absolute atomic E-state index is 12.2. The van der Waals surface area contributed by atoms with Gasteiger partial charge in [-0.25, -0.2) is 0 Å². The number of methoxy groups -OCH3 is 1. The molecule has 3 rings (SSSR count). The van der Waals surface area contributed by atoms with Crippen molar-refractivity contribution in [1.82, 2.24) is 9.80 Å². The van der Waals surface area contributed by atoms with Crippen molar-refractivity contribution in [2.75, 3.05) is 46.2 Å². The number of benzene rings is 1. The molecule has 25 heavy (non-hydrogen) atoms. The fraction of sp³-hybridized carbons (Fsp3) is 0.650. The first-order valence-electron chi connectivity index (χ1n) is 9.27. The monoisotopic (exact) mass is 362 g/mol. The maximum atomic E-state index is 12.2. The first-order chi connectivity index (χ1) is 12.2. The number of thioether (sulfide) groups is 1. The van der Waals surface area contributed by atoms with Crippen LogP contribution in [0.4, 0.5) is 0 Å². The zero-order chi connectivity index (χ0) is 17.7. The predicted molar refractivity (Wildman–Crippen MR) is 103 cm³/mol. The Morgan fingerprint density at radius 1 is 1.24 bits per heavy atom. The largest absolute Gasteiger partial charge is 0.383 e. The maximum Gasteiger partial charge on any atom is 0.222 e. The highest BCUT2D eigenvalue weighted by Crippen LogP contribution is 2.39. The van der Waals surface area contributed by atoms with E-state index in [2.05, 4.69) is 35.4 Å². The Labute approximate surface area is 155 Å². The molecule has 1 atom stereocenters. The van der Waals surface area contributed by atoms with E-state index in [-0.39, 0.29) is 5.41 Å². The topological polar surface area (TPSA) is 32.8 Å². The van der Waals surface area contributed by atoms with Gasteiger partial charge in [0.15, 0.2) is 0 Å². The Bertz CT molecular complexity index is 595. The van der Waals surface area contributed by atoms with Gasteiger partial charge in [-0.1, -0.05) is 18.2 Å². The molecule has 2 aliphatic rings. The van der Waals surface area contributed by atoms with Gasteiger partial charge in [-0.15, -0.1) is 11.8 Å². The van der Waals surface area contributed by atoms with E-state index >= 15 is 0 Å². The van der Waals surface area contributed by atoms with E-state index in [9.17, 15) is 4.79 Å². The highest BCUT2D eigenvalue weighted by atomic mass is 32.2. The summed E-state index contributed by atoms with van der Waals surface area (Å²) in [5.41, 5.74) is 1.70. The number of carbonyl (C=O) groups excluding carboxylic acids is 1. The van der Waals surface area contributed by atoms with Crippen LogP contribution in [0.3, 0.4) is 0 Å². The van der Waals surface area contributed by atoms with Gasteiger partial charge in [0.1, 0.15) is 0 Å². The van der Waals surface area contributed by atoms with Crippen LogP contribution < -0.4 is 0 Å². The van der Waals surface area contributed by atoms with Crippen LogP contribution in [0.25, 0.3) is 0 Å². The summed E-state index contributed by atoms with van der Waals surface area (Å²) >= 11 is 1.83. The van der Waals surface area contributed by atoms with Gasteiger partial charge in [0.25, 0.3) is 0 Å². The van der Waals surface area contributed by atoms with Crippen LogP contribution in [-0.4, -0.2) is 61.9 Å². The molecule has 0 saturated carbocycles. The molecule has 5 heteroatoms. The van der Waals surface area contributed by atoms with Gasteiger partial charge < -0.3 is 9.64 Å². The molecule has 1 aromatic rings. The summed E-state index contributed by atoms with van der Waals surface area (Å²) in [4.78, 5) is 18.2. The molecule has 2 aliphatic heterocycles. The summed E-state index contributed by atoms with van der Waals surface area (Å²) in [5, 5.41) is 0. The van der Waals surface area contributed by atoms with Crippen LogP contribution in [0.5, 0.6) is 0 Å². The van der Waals surface area contributed by atoms with E-state index < -0.39 is 0 Å². The minimum absolute atomic E-state index is 0.272. The first kappa shape index (κ1) is 18.7. The molecule has 2 heterocycles. The van der Waals surface area contributed by atoms with Crippen LogP contribution in [0.1, 0.15) is 31.2 Å². The smallest absolute Gasteiger partial charge is 0.222 e. The summed E-state index contributed by atoms with van der Waals surface area (Å²) in [5.74, 6) is 0.299. The lowest BCUT2D eigenvalue weighted by Gasteiger charge is -2.48. The molecular formula is C20H30N2O2S. The molecule has 2 saturated heterocycles. The minimum Gasteiger partial charge on any atom is -0.383 e. The molecule has 1 aromatic carbocycles. The van der Waals surface area contributed by atoms with E-state index in [1.807, 2.05) is 16.7 Å². The normalized spacial score (nSPS) is 24.9. The van der Waals surface area contributed by atoms with Crippen LogP contribution in [-0.2, 0) is 16.1 Å². The lowest BCUT2D eigenvalue weighted by atomic mass is 9.73. The molecule has 2 fully saturated rings. The van der Waals surface area contributed by atoms with E-state index in [0.29, 0.717) is 18.9 Å². The third-order valence-corrected chi connectivity index (χ3v) is 6.48. The van der Waals surface area contributed by atoms with Crippen LogP contribution in [0, 0.1) is 5.41 Å². The second-order valence-electron chi connectivity index (χ2n) is 7.43. The molecule has 0 bridgehead atoms. The number of rotatable bonds is 6. The minimum atomic E-state index is 0.272. The van der Waals surface area contributed by atoms with Gasteiger partial charge in [-0.05, 0) is 43.7 Å². The van der Waals surface area contributed by atoms with Crippen molar-refractivity contribution in [3.05, 3.63) is 29.8 Å². The Balaban J connectivity index is 1.66. The first-order valence-corrected chi connectivity index (χ1v) is 10.5. The molecule has 1 spiro atoms. The third kappa shape index (κ3) is 4.57. The van der Waals surface area contributed by atoms with E-state index in [4.69, 9.17) is 4.74 Å². The van der Waals surface area contributed by atoms with Gasteiger partial charge in [0.05, 0.1) is 6.61 Å². The molecule has 0 radical (unpaired) electrons. The SMILES string of the molecule is COCCN1CC2(CCCN(Cc3ccccc3SC)C2)CCC1=O. The molecule has 4 nitrogen and oxygen atoms in total. The fourth-order valence-electron chi connectivity index (χ4n) is 4.36. The third-order valence-electron chi connectivity index (χ3n) is 5.64. The van der Waals surface area contributed by atoms with Gasteiger partial charge in [0, 0.05) is 50.0 Å². The molecule has 0 aromatic heterocycles. The number of hydrogen-bond acceptors (Lipinski definition) is 4. The number of likely N-dealkylation sites (tertiary alicyclic amines) is 2. The van der Waals surface area contributed by atoms with Gasteiger partial charge in [-0.2, -0.15) is 0 Å².